The topological polar surface area (TPSA) is 92.6 Å². The number of nitrogens with zero attached hydrogens (tertiary/aromatic N) is 2. The van der Waals surface area contributed by atoms with Gasteiger partial charge < -0.3 is 10.2 Å². The Hall–Kier alpha value is -4.78. The lowest BCUT2D eigenvalue weighted by atomic mass is 10.1. The molecule has 4 rings (SSSR count). The van der Waals surface area contributed by atoms with Gasteiger partial charge in [-0.1, -0.05) is 48.5 Å². The van der Waals surface area contributed by atoms with Gasteiger partial charge in [-0.25, -0.2) is 0 Å². The minimum absolute atomic E-state index is 0.0440. The molecule has 4 aromatic rings. The van der Waals surface area contributed by atoms with Gasteiger partial charge in [0.15, 0.2) is 0 Å². The number of fused-ring (bicyclic) bond motifs is 1. The number of hydrogen-bond acceptors (Lipinski definition) is 4. The number of anilines is 2. The van der Waals surface area contributed by atoms with Gasteiger partial charge in [0.05, 0.1) is 10.6 Å². The highest BCUT2D eigenvalue weighted by molar-refractivity contribution is 6.11. The highest BCUT2D eigenvalue weighted by Crippen LogP contribution is 2.28. The van der Waals surface area contributed by atoms with Crippen LogP contribution in [-0.4, -0.2) is 23.3 Å². The zero-order valence-electron chi connectivity index (χ0n) is 19.0. The van der Waals surface area contributed by atoms with Crippen LogP contribution in [0.5, 0.6) is 0 Å². The van der Waals surface area contributed by atoms with Crippen molar-refractivity contribution in [3.63, 3.8) is 0 Å². The van der Waals surface area contributed by atoms with Crippen molar-refractivity contribution in [3.8, 4) is 0 Å². The van der Waals surface area contributed by atoms with Crippen molar-refractivity contribution in [3.05, 3.63) is 118 Å². The first-order valence-electron chi connectivity index (χ1n) is 11.1. The maximum Gasteiger partial charge on any atom is 0.270 e. The second kappa shape index (κ2) is 10.4. The van der Waals surface area contributed by atoms with Crippen molar-refractivity contribution < 1.29 is 14.5 Å². The van der Waals surface area contributed by atoms with E-state index in [-0.39, 0.29) is 17.5 Å². The number of non-ortho nitro benzene ring substituents is 1. The standard InChI is InChI=1S/C28H23N3O4/c1-2-30(26-12-6-9-21-8-3-4-11-25(21)26)28(33)22-14-16-23(17-15-22)29-27(32)18-13-20-7-5-10-24(19-20)31(34)35/h3-19H,2H2,1H3,(H,29,32)/b18-13+. The van der Waals surface area contributed by atoms with Crippen LogP contribution in [0.4, 0.5) is 17.1 Å². The molecule has 1 N–H and O–H groups in total. The lowest BCUT2D eigenvalue weighted by Gasteiger charge is -2.23. The van der Waals surface area contributed by atoms with Gasteiger partial charge in [-0.05, 0) is 54.3 Å². The molecule has 0 aliphatic heterocycles. The van der Waals surface area contributed by atoms with Crippen molar-refractivity contribution in [1.82, 2.24) is 0 Å². The summed E-state index contributed by atoms with van der Waals surface area (Å²) < 4.78 is 0. The Morgan fingerprint density at radius 2 is 1.66 bits per heavy atom. The van der Waals surface area contributed by atoms with E-state index in [0.29, 0.717) is 23.4 Å². The minimum atomic E-state index is -0.486. The highest BCUT2D eigenvalue weighted by Gasteiger charge is 2.18. The fraction of sp³-hybridized carbons (Fsp3) is 0.0714. The molecule has 7 nitrogen and oxygen atoms in total. The number of nitro groups is 1. The second-order valence-corrected chi connectivity index (χ2v) is 7.80. The Morgan fingerprint density at radius 3 is 2.40 bits per heavy atom. The third kappa shape index (κ3) is 5.42. The number of benzene rings is 4. The number of carbonyl (C=O) groups is 2. The molecule has 35 heavy (non-hydrogen) atoms. The fourth-order valence-electron chi connectivity index (χ4n) is 3.82. The SMILES string of the molecule is CCN(C(=O)c1ccc(NC(=O)/C=C/c2cccc([N+](=O)[O-])c2)cc1)c1cccc2ccccc12. The molecule has 0 atom stereocenters. The lowest BCUT2D eigenvalue weighted by Crippen LogP contribution is -2.30. The molecule has 0 saturated heterocycles. The summed E-state index contributed by atoms with van der Waals surface area (Å²) in [5, 5.41) is 15.7. The summed E-state index contributed by atoms with van der Waals surface area (Å²) in [4.78, 5) is 37.7. The quantitative estimate of drug-likeness (QED) is 0.204. The zero-order valence-corrected chi connectivity index (χ0v) is 19.0. The van der Waals surface area contributed by atoms with Gasteiger partial charge in [-0.2, -0.15) is 0 Å². The maximum absolute atomic E-state index is 13.3. The normalized spacial score (nSPS) is 10.9. The average Bonchev–Trinajstić information content (AvgIpc) is 2.88. The Bertz CT molecular complexity index is 1420. The largest absolute Gasteiger partial charge is 0.323 e. The Kier molecular flexibility index (Phi) is 6.97. The van der Waals surface area contributed by atoms with Crippen LogP contribution < -0.4 is 10.2 Å². The van der Waals surface area contributed by atoms with Crippen LogP contribution in [0.1, 0.15) is 22.8 Å². The molecule has 4 aromatic carbocycles. The van der Waals surface area contributed by atoms with Crippen molar-refractivity contribution in [2.24, 2.45) is 0 Å². The van der Waals surface area contributed by atoms with E-state index in [9.17, 15) is 19.7 Å². The van der Waals surface area contributed by atoms with E-state index in [4.69, 9.17) is 0 Å². The van der Waals surface area contributed by atoms with Gasteiger partial charge in [-0.15, -0.1) is 0 Å². The van der Waals surface area contributed by atoms with E-state index < -0.39 is 4.92 Å². The van der Waals surface area contributed by atoms with E-state index in [1.54, 1.807) is 41.3 Å². The first-order chi connectivity index (χ1) is 17.0. The van der Waals surface area contributed by atoms with E-state index in [2.05, 4.69) is 5.32 Å². The molecule has 0 saturated carbocycles. The molecule has 0 aliphatic carbocycles. The molecule has 0 bridgehead atoms. The third-order valence-corrected chi connectivity index (χ3v) is 5.53. The first-order valence-corrected chi connectivity index (χ1v) is 11.1. The summed E-state index contributed by atoms with van der Waals surface area (Å²) in [6.07, 6.45) is 2.81. The maximum atomic E-state index is 13.3. The van der Waals surface area contributed by atoms with Gasteiger partial charge in [0.1, 0.15) is 0 Å². The van der Waals surface area contributed by atoms with E-state index in [1.165, 1.54) is 24.3 Å². The molecule has 0 spiro atoms. The summed E-state index contributed by atoms with van der Waals surface area (Å²) in [6.45, 7) is 2.44. The summed E-state index contributed by atoms with van der Waals surface area (Å²) >= 11 is 0. The molecule has 0 aromatic heterocycles. The average molecular weight is 466 g/mol. The Morgan fingerprint density at radius 1 is 0.943 bits per heavy atom. The first kappa shape index (κ1) is 23.4. The van der Waals surface area contributed by atoms with Crippen LogP contribution in [0.15, 0.2) is 97.1 Å². The molecule has 0 aliphatic rings. The number of carbonyl (C=O) groups excluding carboxylic acids is 2. The molecular weight excluding hydrogens is 442 g/mol. The Labute approximate surface area is 202 Å². The van der Waals surface area contributed by atoms with Crippen LogP contribution in [0.25, 0.3) is 16.8 Å². The van der Waals surface area contributed by atoms with E-state index in [1.807, 2.05) is 49.4 Å². The van der Waals surface area contributed by atoms with Gasteiger partial charge in [-0.3, -0.25) is 19.7 Å². The molecule has 174 valence electrons. The van der Waals surface area contributed by atoms with Gasteiger partial charge >= 0.3 is 0 Å². The summed E-state index contributed by atoms with van der Waals surface area (Å²) in [5.74, 6) is -0.520. The van der Waals surface area contributed by atoms with Gasteiger partial charge in [0.25, 0.3) is 11.6 Å². The number of nitrogens with one attached hydrogen (secondary N) is 1. The predicted octanol–water partition coefficient (Wildman–Crippen LogP) is 6.07. The van der Waals surface area contributed by atoms with Crippen LogP contribution >= 0.6 is 0 Å². The molecule has 7 heteroatoms. The highest BCUT2D eigenvalue weighted by atomic mass is 16.6. The van der Waals surface area contributed by atoms with Crippen LogP contribution in [0.3, 0.4) is 0 Å². The summed E-state index contributed by atoms with van der Waals surface area (Å²) in [6, 6.07) is 26.5. The van der Waals surface area contributed by atoms with Crippen LogP contribution in [-0.2, 0) is 4.79 Å². The fourth-order valence-corrected chi connectivity index (χ4v) is 3.82. The molecule has 2 amide bonds. The lowest BCUT2D eigenvalue weighted by molar-refractivity contribution is -0.384. The molecule has 0 unspecified atom stereocenters. The molecule has 0 heterocycles. The molecule has 0 fully saturated rings. The van der Waals surface area contributed by atoms with Gasteiger partial charge in [0, 0.05) is 41.4 Å². The monoisotopic (exact) mass is 465 g/mol. The number of nitro benzene ring substituents is 1. The predicted molar refractivity (Wildman–Crippen MR) is 139 cm³/mol. The van der Waals surface area contributed by atoms with Crippen LogP contribution in [0.2, 0.25) is 0 Å². The Balaban J connectivity index is 1.46. The van der Waals surface area contributed by atoms with Crippen molar-refractivity contribution >= 4 is 45.7 Å². The number of rotatable bonds is 7. The number of amides is 2. The molecule has 0 radical (unpaired) electrons. The van der Waals surface area contributed by atoms with Crippen molar-refractivity contribution in [1.29, 1.82) is 0 Å². The smallest absolute Gasteiger partial charge is 0.270 e. The second-order valence-electron chi connectivity index (χ2n) is 7.80. The van der Waals surface area contributed by atoms with E-state index in [0.717, 1.165) is 16.5 Å². The van der Waals surface area contributed by atoms with E-state index >= 15 is 0 Å². The minimum Gasteiger partial charge on any atom is -0.323 e. The van der Waals surface area contributed by atoms with Gasteiger partial charge in [0.2, 0.25) is 5.91 Å². The summed E-state index contributed by atoms with van der Waals surface area (Å²) in [7, 11) is 0. The molecular formula is C28H23N3O4. The third-order valence-electron chi connectivity index (χ3n) is 5.53. The van der Waals surface area contributed by atoms with Crippen molar-refractivity contribution in [2.45, 2.75) is 6.92 Å². The number of hydrogen-bond donors (Lipinski definition) is 1. The van der Waals surface area contributed by atoms with Crippen LogP contribution in [0, 0.1) is 10.1 Å². The van der Waals surface area contributed by atoms with Crippen molar-refractivity contribution in [2.75, 3.05) is 16.8 Å². The zero-order chi connectivity index (χ0) is 24.8. The summed E-state index contributed by atoms with van der Waals surface area (Å²) in [5.41, 5.74) is 2.38.